The van der Waals surface area contributed by atoms with E-state index in [0.29, 0.717) is 41.6 Å². The molecule has 0 amide bonds. The topological polar surface area (TPSA) is 65.0 Å². The molecule has 0 aliphatic heterocycles. The van der Waals surface area contributed by atoms with Crippen molar-refractivity contribution in [3.8, 4) is 28.4 Å². The number of carbonyl (C=O) groups is 1. The zero-order valence-corrected chi connectivity index (χ0v) is 20.6. The number of carboxylic acid groups (broad SMARTS) is 1. The van der Waals surface area contributed by atoms with Gasteiger partial charge in [0.25, 0.3) is 0 Å². The first-order chi connectivity index (χ1) is 17.5. The minimum absolute atomic E-state index is 0.0655. The molecule has 0 unspecified atom stereocenters. The second-order valence-corrected chi connectivity index (χ2v) is 8.87. The van der Waals surface area contributed by atoms with E-state index in [1.807, 2.05) is 42.5 Å². The molecular formula is C30H31FO5. The summed E-state index contributed by atoms with van der Waals surface area (Å²) in [5.74, 6) is 0.539. The van der Waals surface area contributed by atoms with Gasteiger partial charge in [-0.15, -0.1) is 0 Å². The number of benzene rings is 3. The van der Waals surface area contributed by atoms with E-state index >= 15 is 0 Å². The number of halogens is 1. The van der Waals surface area contributed by atoms with E-state index in [4.69, 9.17) is 14.2 Å². The summed E-state index contributed by atoms with van der Waals surface area (Å²) < 4.78 is 32.1. The Morgan fingerprint density at radius 1 is 1.03 bits per heavy atom. The number of hydrogen-bond acceptors (Lipinski definition) is 4. The number of rotatable bonds is 13. The lowest BCUT2D eigenvalue weighted by molar-refractivity contribution is -0.137. The lowest BCUT2D eigenvalue weighted by Crippen LogP contribution is -2.06. The molecule has 0 heterocycles. The van der Waals surface area contributed by atoms with Gasteiger partial charge in [-0.25, -0.2) is 4.39 Å². The Kier molecular flexibility index (Phi) is 8.26. The Morgan fingerprint density at radius 2 is 1.86 bits per heavy atom. The van der Waals surface area contributed by atoms with Crippen LogP contribution in [0.25, 0.3) is 11.1 Å². The molecule has 1 aliphatic carbocycles. The van der Waals surface area contributed by atoms with Gasteiger partial charge < -0.3 is 19.3 Å². The monoisotopic (exact) mass is 490 g/mol. The van der Waals surface area contributed by atoms with Crippen molar-refractivity contribution in [2.24, 2.45) is 0 Å². The van der Waals surface area contributed by atoms with Gasteiger partial charge in [-0.05, 0) is 60.4 Å². The highest BCUT2D eigenvalue weighted by atomic mass is 19.1. The van der Waals surface area contributed by atoms with E-state index in [1.54, 1.807) is 19.2 Å². The maximum absolute atomic E-state index is 14.7. The predicted molar refractivity (Wildman–Crippen MR) is 137 cm³/mol. The van der Waals surface area contributed by atoms with E-state index < -0.39 is 5.97 Å². The van der Waals surface area contributed by atoms with Crippen molar-refractivity contribution in [2.75, 3.05) is 13.7 Å². The summed E-state index contributed by atoms with van der Waals surface area (Å²) in [4.78, 5) is 11.3. The van der Waals surface area contributed by atoms with E-state index in [-0.39, 0.29) is 18.2 Å². The van der Waals surface area contributed by atoms with Crippen LogP contribution in [0.5, 0.6) is 17.2 Å². The molecule has 1 aliphatic rings. The summed E-state index contributed by atoms with van der Waals surface area (Å²) in [5, 5.41) is 9.30. The van der Waals surface area contributed by atoms with Crippen molar-refractivity contribution >= 4 is 5.97 Å². The molecule has 0 aromatic heterocycles. The molecule has 36 heavy (non-hydrogen) atoms. The van der Waals surface area contributed by atoms with Crippen LogP contribution >= 0.6 is 0 Å². The number of aliphatic carboxylic acids is 1. The number of methoxy groups -OCH3 is 1. The molecule has 1 N–H and O–H groups in total. The molecule has 5 nitrogen and oxygen atoms in total. The fraction of sp³-hybridized carbons (Fsp3) is 0.300. The van der Waals surface area contributed by atoms with Crippen LogP contribution in [0.2, 0.25) is 0 Å². The van der Waals surface area contributed by atoms with Crippen LogP contribution in [-0.2, 0) is 11.4 Å². The van der Waals surface area contributed by atoms with Crippen LogP contribution in [0.1, 0.15) is 49.7 Å². The van der Waals surface area contributed by atoms with E-state index in [9.17, 15) is 14.3 Å². The van der Waals surface area contributed by atoms with Crippen LogP contribution < -0.4 is 14.2 Å². The highest BCUT2D eigenvalue weighted by Crippen LogP contribution is 2.39. The number of carboxylic acids is 1. The van der Waals surface area contributed by atoms with Gasteiger partial charge in [0.1, 0.15) is 29.7 Å². The Labute approximate surface area is 211 Å². The first-order valence-electron chi connectivity index (χ1n) is 12.2. The molecule has 0 fully saturated rings. The lowest BCUT2D eigenvalue weighted by atomic mass is 9.93. The average molecular weight is 491 g/mol. The van der Waals surface area contributed by atoms with E-state index in [0.717, 1.165) is 36.0 Å². The van der Waals surface area contributed by atoms with Crippen LogP contribution in [0.4, 0.5) is 4.39 Å². The summed E-state index contributed by atoms with van der Waals surface area (Å²) >= 11 is 0. The molecular weight excluding hydrogens is 459 g/mol. The van der Waals surface area contributed by atoms with Crippen molar-refractivity contribution in [2.45, 2.75) is 45.1 Å². The van der Waals surface area contributed by atoms with Gasteiger partial charge in [0.2, 0.25) is 0 Å². The van der Waals surface area contributed by atoms with Crippen LogP contribution in [0.15, 0.2) is 72.3 Å². The van der Waals surface area contributed by atoms with Gasteiger partial charge in [-0.1, -0.05) is 49.3 Å². The van der Waals surface area contributed by atoms with Crippen molar-refractivity contribution in [1.82, 2.24) is 0 Å². The standard InChI is InChI=1S/C30H31FO5/c1-3-4-14-35-29-15-20(8-12-25(29)27-17-23(34-2)11-13-28(27)31)19-36-24-7-5-6-22(16-24)26(18-30(32)33)21-9-10-21/h5-9,11-13,15-17,26H,3-4,10,14,18-19H2,1-2H3,(H,32,33)/t26-/m1/s1. The smallest absolute Gasteiger partial charge is 0.304 e. The normalized spacial score (nSPS) is 13.0. The lowest BCUT2D eigenvalue weighted by Gasteiger charge is -2.16. The zero-order chi connectivity index (χ0) is 25.5. The molecule has 3 aromatic carbocycles. The van der Waals surface area contributed by atoms with Gasteiger partial charge in [-0.2, -0.15) is 0 Å². The summed E-state index contributed by atoms with van der Waals surface area (Å²) in [6.07, 6.45) is 4.87. The van der Waals surface area contributed by atoms with Crippen LogP contribution in [0, 0.1) is 5.82 Å². The fourth-order valence-electron chi connectivity index (χ4n) is 4.13. The summed E-state index contributed by atoms with van der Waals surface area (Å²) in [5.41, 5.74) is 4.04. The van der Waals surface area contributed by atoms with Crippen molar-refractivity contribution in [3.05, 3.63) is 89.3 Å². The maximum Gasteiger partial charge on any atom is 0.304 e. The zero-order valence-electron chi connectivity index (χ0n) is 20.6. The molecule has 188 valence electrons. The number of unbranched alkanes of at least 4 members (excludes halogenated alkanes) is 1. The highest BCUT2D eigenvalue weighted by molar-refractivity contribution is 5.73. The quantitative estimate of drug-likeness (QED) is 0.204. The van der Waals surface area contributed by atoms with Gasteiger partial charge >= 0.3 is 5.97 Å². The molecule has 0 bridgehead atoms. The summed E-state index contributed by atoms with van der Waals surface area (Å²) in [7, 11) is 1.55. The Morgan fingerprint density at radius 3 is 2.58 bits per heavy atom. The summed E-state index contributed by atoms with van der Waals surface area (Å²) in [6, 6.07) is 17.9. The maximum atomic E-state index is 14.7. The highest BCUT2D eigenvalue weighted by Gasteiger charge is 2.25. The number of allylic oxidation sites excluding steroid dienone is 2. The van der Waals surface area contributed by atoms with Gasteiger partial charge in [0, 0.05) is 17.0 Å². The molecule has 0 saturated heterocycles. The minimum atomic E-state index is -0.817. The van der Waals surface area contributed by atoms with Gasteiger partial charge in [0.15, 0.2) is 0 Å². The van der Waals surface area contributed by atoms with Gasteiger partial charge in [0.05, 0.1) is 20.1 Å². The largest absolute Gasteiger partial charge is 0.497 e. The number of hydrogen-bond donors (Lipinski definition) is 1. The second-order valence-electron chi connectivity index (χ2n) is 8.87. The molecule has 3 aromatic rings. The third kappa shape index (κ3) is 6.45. The number of ether oxygens (including phenoxy) is 3. The molecule has 0 radical (unpaired) electrons. The van der Waals surface area contributed by atoms with Crippen molar-refractivity contribution in [1.29, 1.82) is 0 Å². The average Bonchev–Trinajstić information content (AvgIpc) is 3.72. The molecule has 6 heteroatoms. The van der Waals surface area contributed by atoms with Gasteiger partial charge in [-0.3, -0.25) is 4.79 Å². The van der Waals surface area contributed by atoms with E-state index in [2.05, 4.69) is 13.0 Å². The molecule has 0 saturated carbocycles. The predicted octanol–water partition coefficient (Wildman–Crippen LogP) is 7.15. The summed E-state index contributed by atoms with van der Waals surface area (Å²) in [6.45, 7) is 2.91. The minimum Gasteiger partial charge on any atom is -0.497 e. The first-order valence-corrected chi connectivity index (χ1v) is 12.2. The van der Waals surface area contributed by atoms with Crippen LogP contribution in [0.3, 0.4) is 0 Å². The SMILES string of the molecule is CCCCOc1cc(COc2cccc([C@H](CC(=O)O)C3=CC3)c2)ccc1-c1cc(OC)ccc1F. The Hall–Kier alpha value is -3.80. The third-order valence-electron chi connectivity index (χ3n) is 6.20. The van der Waals surface area contributed by atoms with Crippen molar-refractivity contribution in [3.63, 3.8) is 0 Å². The fourth-order valence-corrected chi connectivity index (χ4v) is 4.13. The van der Waals surface area contributed by atoms with Crippen LogP contribution in [-0.4, -0.2) is 24.8 Å². The first kappa shape index (κ1) is 25.3. The third-order valence-corrected chi connectivity index (χ3v) is 6.20. The molecule has 1 atom stereocenters. The van der Waals surface area contributed by atoms with E-state index in [1.165, 1.54) is 6.07 Å². The Balaban J connectivity index is 1.54. The molecule has 4 rings (SSSR count). The molecule has 0 spiro atoms. The second kappa shape index (κ2) is 11.8. The Bertz CT molecular complexity index is 1250. The van der Waals surface area contributed by atoms with Crippen molar-refractivity contribution < 1.29 is 28.5 Å².